The molecule has 8 nitrogen and oxygen atoms in total. The Morgan fingerprint density at radius 3 is 2.35 bits per heavy atom. The molecule has 2 atom stereocenters. The highest BCUT2D eigenvalue weighted by molar-refractivity contribution is 8.00. The molecule has 0 aliphatic heterocycles. The summed E-state index contributed by atoms with van der Waals surface area (Å²) >= 11 is 1.33. The average molecular weight is 443 g/mol. The molecule has 1 amide bonds. The largest absolute Gasteiger partial charge is 0.497 e. The normalized spacial score (nSPS) is 12.7. The van der Waals surface area contributed by atoms with Gasteiger partial charge < -0.3 is 24.1 Å². The predicted octanol–water partition coefficient (Wildman–Crippen LogP) is 4.09. The van der Waals surface area contributed by atoms with Gasteiger partial charge in [-0.3, -0.25) is 4.79 Å². The van der Waals surface area contributed by atoms with Crippen LogP contribution in [0, 0.1) is 0 Å². The first-order chi connectivity index (χ1) is 14.9. The van der Waals surface area contributed by atoms with Crippen molar-refractivity contribution in [3.05, 3.63) is 54.4 Å². The van der Waals surface area contributed by atoms with E-state index in [0.717, 1.165) is 11.5 Å². The number of nitrogens with one attached hydrogen (secondary N) is 1. The molecule has 9 heteroatoms. The Hall–Kier alpha value is -3.20. The van der Waals surface area contributed by atoms with Gasteiger partial charge in [0.1, 0.15) is 17.2 Å². The van der Waals surface area contributed by atoms with E-state index in [1.54, 1.807) is 38.5 Å². The van der Waals surface area contributed by atoms with Crippen LogP contribution in [0.5, 0.6) is 17.2 Å². The molecule has 3 aromatic rings. The lowest BCUT2D eigenvalue weighted by Gasteiger charge is -2.15. The van der Waals surface area contributed by atoms with Crippen LogP contribution in [0.25, 0.3) is 0 Å². The van der Waals surface area contributed by atoms with Crippen molar-refractivity contribution in [1.82, 2.24) is 14.8 Å². The van der Waals surface area contributed by atoms with Crippen molar-refractivity contribution in [3.8, 4) is 17.2 Å². The zero-order chi connectivity index (χ0) is 22.4. The highest BCUT2D eigenvalue weighted by Gasteiger charge is 2.22. The van der Waals surface area contributed by atoms with Crippen molar-refractivity contribution >= 4 is 23.4 Å². The number of benzene rings is 2. The number of anilines is 1. The van der Waals surface area contributed by atoms with Crippen LogP contribution in [0.2, 0.25) is 0 Å². The van der Waals surface area contributed by atoms with Gasteiger partial charge in [0, 0.05) is 18.8 Å². The third-order valence-corrected chi connectivity index (χ3v) is 5.73. The molecular formula is C22H26N4O4S. The summed E-state index contributed by atoms with van der Waals surface area (Å²) in [6.07, 6.45) is -0.331. The summed E-state index contributed by atoms with van der Waals surface area (Å²) in [5.41, 5.74) is 0.706. The first-order valence-corrected chi connectivity index (χ1v) is 10.6. The number of rotatable bonds is 9. The van der Waals surface area contributed by atoms with E-state index in [9.17, 15) is 4.79 Å². The van der Waals surface area contributed by atoms with Crippen molar-refractivity contribution in [3.63, 3.8) is 0 Å². The average Bonchev–Trinajstić information content (AvgIpc) is 3.14. The van der Waals surface area contributed by atoms with Crippen LogP contribution in [-0.2, 0) is 11.8 Å². The fourth-order valence-electron chi connectivity index (χ4n) is 2.84. The van der Waals surface area contributed by atoms with Gasteiger partial charge in [-0.2, -0.15) is 0 Å². The summed E-state index contributed by atoms with van der Waals surface area (Å²) in [6, 6.07) is 14.6. The van der Waals surface area contributed by atoms with E-state index in [1.807, 2.05) is 49.7 Å². The molecule has 1 aromatic heterocycles. The molecule has 1 N–H and O–H groups in total. The van der Waals surface area contributed by atoms with Gasteiger partial charge in [-0.15, -0.1) is 10.2 Å². The smallest absolute Gasteiger partial charge is 0.237 e. The van der Waals surface area contributed by atoms with E-state index in [2.05, 4.69) is 15.5 Å². The molecule has 3 rings (SSSR count). The molecule has 31 heavy (non-hydrogen) atoms. The summed E-state index contributed by atoms with van der Waals surface area (Å²) in [6.45, 7) is 3.73. The number of ether oxygens (including phenoxy) is 3. The molecule has 0 fully saturated rings. The second-order valence-corrected chi connectivity index (χ2v) is 8.12. The number of carbonyl (C=O) groups is 1. The summed E-state index contributed by atoms with van der Waals surface area (Å²) in [5.74, 6) is 2.66. The maximum absolute atomic E-state index is 12.6. The van der Waals surface area contributed by atoms with Crippen LogP contribution in [-0.4, -0.2) is 40.1 Å². The van der Waals surface area contributed by atoms with Crippen molar-refractivity contribution in [1.29, 1.82) is 0 Å². The second-order valence-electron chi connectivity index (χ2n) is 6.82. The third kappa shape index (κ3) is 5.69. The number of nitrogens with zero attached hydrogens (tertiary/aromatic N) is 3. The molecular weight excluding hydrogens is 416 g/mol. The molecule has 164 valence electrons. The van der Waals surface area contributed by atoms with Gasteiger partial charge in [0.15, 0.2) is 17.1 Å². The van der Waals surface area contributed by atoms with Crippen molar-refractivity contribution < 1.29 is 19.0 Å². The van der Waals surface area contributed by atoms with E-state index < -0.39 is 0 Å². The topological polar surface area (TPSA) is 87.5 Å². The maximum Gasteiger partial charge on any atom is 0.237 e. The Balaban J connectivity index is 1.62. The molecule has 2 aromatic carbocycles. The highest BCUT2D eigenvalue weighted by atomic mass is 32.2. The van der Waals surface area contributed by atoms with Gasteiger partial charge in [-0.1, -0.05) is 17.8 Å². The number of methoxy groups -OCH3 is 2. The van der Waals surface area contributed by atoms with Gasteiger partial charge >= 0.3 is 0 Å². The Kier molecular flexibility index (Phi) is 7.41. The molecule has 0 spiro atoms. The van der Waals surface area contributed by atoms with Gasteiger partial charge in [0.25, 0.3) is 0 Å². The van der Waals surface area contributed by atoms with Crippen molar-refractivity contribution in [2.24, 2.45) is 7.05 Å². The molecule has 0 radical (unpaired) electrons. The molecule has 0 aliphatic carbocycles. The fourth-order valence-corrected chi connectivity index (χ4v) is 3.67. The van der Waals surface area contributed by atoms with Crippen LogP contribution < -0.4 is 19.5 Å². The Morgan fingerprint density at radius 2 is 1.68 bits per heavy atom. The molecule has 0 aliphatic rings. The molecule has 0 bridgehead atoms. The van der Waals surface area contributed by atoms with E-state index in [1.165, 1.54) is 11.8 Å². The molecule has 1 heterocycles. The highest BCUT2D eigenvalue weighted by Crippen LogP contribution is 2.28. The van der Waals surface area contributed by atoms with Crippen molar-refractivity contribution in [2.75, 3.05) is 19.5 Å². The number of hydrogen-bond donors (Lipinski definition) is 1. The Bertz CT molecular complexity index is 1020. The summed E-state index contributed by atoms with van der Waals surface area (Å²) in [4.78, 5) is 12.6. The monoisotopic (exact) mass is 442 g/mol. The van der Waals surface area contributed by atoms with Crippen LogP contribution >= 0.6 is 11.8 Å². The fraction of sp³-hybridized carbons (Fsp3) is 0.318. The summed E-state index contributed by atoms with van der Waals surface area (Å²) in [5, 5.41) is 11.7. The first kappa shape index (κ1) is 22.5. The van der Waals surface area contributed by atoms with E-state index in [-0.39, 0.29) is 17.3 Å². The van der Waals surface area contributed by atoms with Crippen LogP contribution in [0.1, 0.15) is 25.8 Å². The zero-order valence-electron chi connectivity index (χ0n) is 18.2. The van der Waals surface area contributed by atoms with Gasteiger partial charge in [0.05, 0.1) is 19.5 Å². The minimum atomic E-state index is -0.368. The van der Waals surface area contributed by atoms with Crippen molar-refractivity contribution in [2.45, 2.75) is 30.4 Å². The molecule has 0 saturated carbocycles. The van der Waals surface area contributed by atoms with E-state index in [0.29, 0.717) is 22.4 Å². The van der Waals surface area contributed by atoms with Crippen LogP contribution in [0.15, 0.2) is 53.7 Å². The van der Waals surface area contributed by atoms with Gasteiger partial charge in [-0.25, -0.2) is 0 Å². The Morgan fingerprint density at radius 1 is 1.00 bits per heavy atom. The first-order valence-electron chi connectivity index (χ1n) is 9.72. The summed E-state index contributed by atoms with van der Waals surface area (Å²) < 4.78 is 18.2. The second kappa shape index (κ2) is 10.2. The lowest BCUT2D eigenvalue weighted by atomic mass is 10.3. The summed E-state index contributed by atoms with van der Waals surface area (Å²) in [7, 11) is 5.07. The predicted molar refractivity (Wildman–Crippen MR) is 120 cm³/mol. The number of thioether (sulfide) groups is 1. The lowest BCUT2D eigenvalue weighted by Crippen LogP contribution is -2.22. The standard InChI is InChI=1S/C22H26N4O4S/c1-14(30-19-8-6-7-18(13-19)29-5)20-24-25-22(26(20)3)31-15(2)21(27)23-16-9-11-17(28-4)12-10-16/h6-15H,1-5H3,(H,23,27). The van der Waals surface area contributed by atoms with E-state index >= 15 is 0 Å². The van der Waals surface area contributed by atoms with Gasteiger partial charge in [0.2, 0.25) is 5.91 Å². The number of aromatic nitrogens is 3. The SMILES string of the molecule is COc1ccc(NC(=O)C(C)Sc2nnc(C(C)Oc3cccc(OC)c3)n2C)cc1. The molecule has 0 saturated heterocycles. The van der Waals surface area contributed by atoms with Gasteiger partial charge in [-0.05, 0) is 50.2 Å². The van der Waals surface area contributed by atoms with Crippen LogP contribution in [0.4, 0.5) is 5.69 Å². The number of amides is 1. The third-order valence-electron chi connectivity index (χ3n) is 4.60. The number of hydrogen-bond acceptors (Lipinski definition) is 7. The minimum Gasteiger partial charge on any atom is -0.497 e. The van der Waals surface area contributed by atoms with E-state index in [4.69, 9.17) is 14.2 Å². The zero-order valence-corrected chi connectivity index (χ0v) is 19.0. The quantitative estimate of drug-likeness (QED) is 0.499. The lowest BCUT2D eigenvalue weighted by molar-refractivity contribution is -0.115. The number of carbonyl (C=O) groups excluding carboxylic acids is 1. The Labute approximate surface area is 185 Å². The molecule has 2 unspecified atom stereocenters. The van der Waals surface area contributed by atoms with Crippen LogP contribution in [0.3, 0.4) is 0 Å². The maximum atomic E-state index is 12.6. The minimum absolute atomic E-state index is 0.125.